The lowest BCUT2D eigenvalue weighted by Crippen LogP contribution is -2.33. The summed E-state index contributed by atoms with van der Waals surface area (Å²) in [6, 6.07) is 1.28. The molecule has 0 aliphatic rings. The average molecular weight is 279 g/mol. The Kier molecular flexibility index (Phi) is 3.76. The van der Waals surface area contributed by atoms with Gasteiger partial charge < -0.3 is 11.1 Å². The summed E-state index contributed by atoms with van der Waals surface area (Å²) in [5.41, 5.74) is 4.76. The molecule has 6 heteroatoms. The summed E-state index contributed by atoms with van der Waals surface area (Å²) < 4.78 is 26.7. The molecule has 0 aromatic heterocycles. The van der Waals surface area contributed by atoms with Crippen molar-refractivity contribution in [2.75, 3.05) is 5.32 Å². The first-order valence-electron chi connectivity index (χ1n) is 4.13. The Morgan fingerprint density at radius 3 is 2.33 bits per heavy atom. The molecule has 0 fully saturated rings. The maximum atomic E-state index is 13.2. The molecule has 1 aromatic rings. The molecule has 15 heavy (non-hydrogen) atoms. The number of nitrogens with two attached hydrogens (primary N) is 1. The summed E-state index contributed by atoms with van der Waals surface area (Å²) in [4.78, 5) is 11.1. The fourth-order valence-electron chi connectivity index (χ4n) is 0.899. The van der Waals surface area contributed by atoms with Crippen molar-refractivity contribution in [1.29, 1.82) is 0 Å². The molecule has 0 aliphatic carbocycles. The van der Waals surface area contributed by atoms with E-state index in [0.29, 0.717) is 0 Å². The van der Waals surface area contributed by atoms with Crippen molar-refractivity contribution in [3.63, 3.8) is 0 Å². The lowest BCUT2D eigenvalue weighted by molar-refractivity contribution is -0.117. The lowest BCUT2D eigenvalue weighted by Gasteiger charge is -2.09. The van der Waals surface area contributed by atoms with Crippen LogP contribution < -0.4 is 11.1 Å². The van der Waals surface area contributed by atoms with Crippen molar-refractivity contribution < 1.29 is 13.6 Å². The van der Waals surface area contributed by atoms with Crippen molar-refractivity contribution in [3.05, 3.63) is 28.2 Å². The molecule has 0 aliphatic heterocycles. The Hall–Kier alpha value is -1.01. The van der Waals surface area contributed by atoms with Crippen LogP contribution >= 0.6 is 15.9 Å². The molecule has 82 valence electrons. The van der Waals surface area contributed by atoms with Gasteiger partial charge in [-0.3, -0.25) is 4.79 Å². The first-order chi connectivity index (χ1) is 6.91. The van der Waals surface area contributed by atoms with Gasteiger partial charge in [-0.05, 0) is 19.1 Å². The molecule has 0 saturated heterocycles. The van der Waals surface area contributed by atoms with Crippen molar-refractivity contribution in [2.45, 2.75) is 13.0 Å². The third-order valence-electron chi connectivity index (χ3n) is 1.67. The van der Waals surface area contributed by atoms with Crippen molar-refractivity contribution >= 4 is 27.5 Å². The van der Waals surface area contributed by atoms with Crippen LogP contribution in [0.1, 0.15) is 6.92 Å². The maximum absolute atomic E-state index is 13.2. The van der Waals surface area contributed by atoms with Crippen LogP contribution in [0.4, 0.5) is 14.5 Å². The highest BCUT2D eigenvalue weighted by atomic mass is 79.9. The number of anilines is 1. The number of carbonyl (C=O) groups excluding carboxylic acids is 1. The summed E-state index contributed by atoms with van der Waals surface area (Å²) in [6.07, 6.45) is 0. The van der Waals surface area contributed by atoms with Gasteiger partial charge in [0.05, 0.1) is 6.04 Å². The van der Waals surface area contributed by atoms with Gasteiger partial charge in [-0.25, -0.2) is 8.78 Å². The van der Waals surface area contributed by atoms with Crippen LogP contribution in [0, 0.1) is 11.6 Å². The molecule has 0 bridgehead atoms. The zero-order valence-electron chi connectivity index (χ0n) is 7.85. The Morgan fingerprint density at radius 1 is 1.47 bits per heavy atom. The molecule has 1 rings (SSSR count). The molecule has 3 N–H and O–H groups in total. The second-order valence-corrected chi connectivity index (χ2v) is 3.94. The third-order valence-corrected chi connectivity index (χ3v) is 2.13. The van der Waals surface area contributed by atoms with Crippen LogP contribution in [-0.4, -0.2) is 11.9 Å². The second-order valence-electron chi connectivity index (χ2n) is 3.02. The average Bonchev–Trinajstić information content (AvgIpc) is 2.10. The van der Waals surface area contributed by atoms with Gasteiger partial charge in [0.1, 0.15) is 5.69 Å². The van der Waals surface area contributed by atoms with E-state index in [0.717, 1.165) is 12.1 Å². The molecule has 0 heterocycles. The van der Waals surface area contributed by atoms with Crippen LogP contribution in [0.2, 0.25) is 0 Å². The minimum absolute atomic E-state index is 0.260. The number of rotatable bonds is 2. The first-order valence-corrected chi connectivity index (χ1v) is 4.92. The fraction of sp³-hybridized carbons (Fsp3) is 0.222. The van der Waals surface area contributed by atoms with Crippen LogP contribution in [0.5, 0.6) is 0 Å². The molecule has 0 spiro atoms. The summed E-state index contributed by atoms with van der Waals surface area (Å²) >= 11 is 2.92. The predicted octanol–water partition coefficient (Wildman–Crippen LogP) is 2.01. The highest BCUT2D eigenvalue weighted by molar-refractivity contribution is 9.10. The smallest absolute Gasteiger partial charge is 0.241 e. The molecule has 0 radical (unpaired) electrons. The lowest BCUT2D eigenvalue weighted by atomic mass is 10.2. The van der Waals surface area contributed by atoms with E-state index in [9.17, 15) is 13.6 Å². The van der Waals surface area contributed by atoms with Crippen LogP contribution in [0.3, 0.4) is 0 Å². The van der Waals surface area contributed by atoms with Crippen molar-refractivity contribution in [2.24, 2.45) is 5.73 Å². The van der Waals surface area contributed by atoms with Crippen LogP contribution in [0.15, 0.2) is 16.6 Å². The van der Waals surface area contributed by atoms with E-state index < -0.39 is 29.3 Å². The molecular formula is C9H9BrF2N2O. The van der Waals surface area contributed by atoms with Gasteiger partial charge in [-0.1, -0.05) is 15.9 Å². The maximum Gasteiger partial charge on any atom is 0.241 e. The van der Waals surface area contributed by atoms with E-state index in [4.69, 9.17) is 5.73 Å². The molecule has 1 atom stereocenters. The minimum atomic E-state index is -0.851. The SMILES string of the molecule is C[C@@H](N)C(=O)Nc1c(F)cc(Br)cc1F. The third kappa shape index (κ3) is 2.97. The quantitative estimate of drug-likeness (QED) is 0.870. The normalized spacial score (nSPS) is 12.3. The molecule has 3 nitrogen and oxygen atoms in total. The van der Waals surface area contributed by atoms with Crippen LogP contribution in [-0.2, 0) is 4.79 Å². The van der Waals surface area contributed by atoms with E-state index in [1.165, 1.54) is 6.92 Å². The highest BCUT2D eigenvalue weighted by Gasteiger charge is 2.15. The van der Waals surface area contributed by atoms with Gasteiger partial charge in [-0.2, -0.15) is 0 Å². The molecule has 1 aromatic carbocycles. The van der Waals surface area contributed by atoms with Gasteiger partial charge in [-0.15, -0.1) is 0 Å². The topological polar surface area (TPSA) is 55.1 Å². The number of benzene rings is 1. The van der Waals surface area contributed by atoms with Crippen molar-refractivity contribution in [3.8, 4) is 0 Å². The van der Waals surface area contributed by atoms with Gasteiger partial charge >= 0.3 is 0 Å². The predicted molar refractivity (Wildman–Crippen MR) is 56.3 cm³/mol. The second kappa shape index (κ2) is 4.67. The zero-order chi connectivity index (χ0) is 11.6. The monoisotopic (exact) mass is 278 g/mol. The Morgan fingerprint density at radius 2 is 1.93 bits per heavy atom. The summed E-state index contributed by atoms with van der Waals surface area (Å²) in [6.45, 7) is 1.42. The highest BCUT2D eigenvalue weighted by Crippen LogP contribution is 2.23. The molecular weight excluding hydrogens is 270 g/mol. The van der Waals surface area contributed by atoms with Crippen molar-refractivity contribution in [1.82, 2.24) is 0 Å². The van der Waals surface area contributed by atoms with E-state index in [1.54, 1.807) is 0 Å². The Balaban J connectivity index is 3.00. The van der Waals surface area contributed by atoms with E-state index >= 15 is 0 Å². The number of nitrogens with one attached hydrogen (secondary N) is 1. The Bertz CT molecular complexity index is 373. The number of carbonyl (C=O) groups is 1. The van der Waals surface area contributed by atoms with Gasteiger partial charge in [0.25, 0.3) is 0 Å². The zero-order valence-corrected chi connectivity index (χ0v) is 9.44. The number of halogens is 3. The van der Waals surface area contributed by atoms with Gasteiger partial charge in [0, 0.05) is 4.47 Å². The minimum Gasteiger partial charge on any atom is -0.320 e. The summed E-state index contributed by atoms with van der Waals surface area (Å²) in [7, 11) is 0. The first kappa shape index (κ1) is 12.1. The van der Waals surface area contributed by atoms with Crippen LogP contribution in [0.25, 0.3) is 0 Å². The van der Waals surface area contributed by atoms with E-state index in [-0.39, 0.29) is 4.47 Å². The molecule has 0 saturated carbocycles. The number of hydrogen-bond acceptors (Lipinski definition) is 2. The molecule has 0 unspecified atom stereocenters. The summed E-state index contributed by atoms with van der Waals surface area (Å²) in [5, 5.41) is 2.07. The summed E-state index contributed by atoms with van der Waals surface area (Å²) in [5.74, 6) is -2.35. The van der Waals surface area contributed by atoms with Gasteiger partial charge in [0.15, 0.2) is 11.6 Å². The van der Waals surface area contributed by atoms with E-state index in [1.807, 2.05) is 0 Å². The molecule has 1 amide bonds. The fourth-order valence-corrected chi connectivity index (χ4v) is 1.30. The standard InChI is InChI=1S/C9H9BrF2N2O/c1-4(13)9(15)14-8-6(11)2-5(10)3-7(8)12/h2-4H,13H2,1H3,(H,14,15)/t4-/m1/s1. The van der Waals surface area contributed by atoms with Gasteiger partial charge in [0.2, 0.25) is 5.91 Å². The van der Waals surface area contributed by atoms with E-state index in [2.05, 4.69) is 21.2 Å². The number of hydrogen-bond donors (Lipinski definition) is 2. The Labute approximate surface area is 93.8 Å². The largest absolute Gasteiger partial charge is 0.320 e. The number of amides is 1.